The highest BCUT2D eigenvalue weighted by atomic mass is 16.5. The van der Waals surface area contributed by atoms with Crippen molar-refractivity contribution in [3.8, 4) is 0 Å². The lowest BCUT2D eigenvalue weighted by molar-refractivity contribution is -0.149. The van der Waals surface area contributed by atoms with E-state index in [1.807, 2.05) is 105 Å². The molecule has 0 fully saturated rings. The maximum Gasteiger partial charge on any atom is 0.329 e. The van der Waals surface area contributed by atoms with Gasteiger partial charge >= 0.3 is 5.97 Å². The molecule has 7 nitrogen and oxygen atoms in total. The van der Waals surface area contributed by atoms with Crippen molar-refractivity contribution in [1.29, 1.82) is 0 Å². The summed E-state index contributed by atoms with van der Waals surface area (Å²) in [5.41, 5.74) is 9.00. The fraction of sp³-hybridized carbons (Fsp3) is 0.344. The fourth-order valence-corrected chi connectivity index (χ4v) is 4.22. The molecule has 3 aromatic carbocycles. The Labute approximate surface area is 231 Å². The number of hydrogen-bond acceptors (Lipinski definition) is 5. The molecule has 0 radical (unpaired) electrons. The maximum atomic E-state index is 13.4. The number of ether oxygens (including phenoxy) is 1. The molecular weight excluding hydrogens is 490 g/mol. The summed E-state index contributed by atoms with van der Waals surface area (Å²) in [4.78, 5) is 39.5. The van der Waals surface area contributed by atoms with Gasteiger partial charge in [-0.05, 0) is 41.9 Å². The summed E-state index contributed by atoms with van der Waals surface area (Å²) in [6, 6.07) is 26.1. The van der Waals surface area contributed by atoms with Crippen molar-refractivity contribution < 1.29 is 19.1 Å². The zero-order chi connectivity index (χ0) is 28.0. The number of amides is 2. The predicted octanol–water partition coefficient (Wildman–Crippen LogP) is 3.95. The molecule has 7 heteroatoms. The zero-order valence-corrected chi connectivity index (χ0v) is 22.7. The highest BCUT2D eigenvalue weighted by Gasteiger charge is 2.29. The molecule has 39 heavy (non-hydrogen) atoms. The van der Waals surface area contributed by atoms with E-state index in [1.165, 1.54) is 0 Å². The van der Waals surface area contributed by atoms with Crippen molar-refractivity contribution in [2.24, 2.45) is 11.7 Å². The molecule has 0 bridgehead atoms. The second kappa shape index (κ2) is 15.4. The Morgan fingerprint density at radius 3 is 1.79 bits per heavy atom. The van der Waals surface area contributed by atoms with Gasteiger partial charge in [0.2, 0.25) is 11.8 Å². The van der Waals surface area contributed by atoms with E-state index in [-0.39, 0.29) is 18.9 Å². The van der Waals surface area contributed by atoms with Crippen molar-refractivity contribution in [2.45, 2.75) is 64.3 Å². The van der Waals surface area contributed by atoms with Crippen molar-refractivity contribution in [1.82, 2.24) is 10.6 Å². The van der Waals surface area contributed by atoms with E-state index < -0.39 is 35.9 Å². The molecule has 0 unspecified atom stereocenters. The topological polar surface area (TPSA) is 111 Å². The van der Waals surface area contributed by atoms with Crippen molar-refractivity contribution in [3.63, 3.8) is 0 Å². The van der Waals surface area contributed by atoms with E-state index >= 15 is 0 Å². The summed E-state index contributed by atoms with van der Waals surface area (Å²) >= 11 is 0. The molecule has 0 saturated carbocycles. The van der Waals surface area contributed by atoms with E-state index in [2.05, 4.69) is 10.6 Å². The zero-order valence-electron chi connectivity index (χ0n) is 22.7. The summed E-state index contributed by atoms with van der Waals surface area (Å²) in [5.74, 6) is -1.24. The van der Waals surface area contributed by atoms with E-state index in [0.717, 1.165) is 16.7 Å². The highest BCUT2D eigenvalue weighted by Crippen LogP contribution is 2.11. The van der Waals surface area contributed by atoms with E-state index in [1.54, 1.807) is 0 Å². The lowest BCUT2D eigenvalue weighted by Crippen LogP contribution is -2.55. The number of rotatable bonds is 14. The molecular formula is C32H39N3O4. The van der Waals surface area contributed by atoms with Gasteiger partial charge in [-0.25, -0.2) is 4.79 Å². The monoisotopic (exact) mass is 529 g/mol. The molecule has 0 aliphatic heterocycles. The number of aryl methyl sites for hydroxylation is 1. The fourth-order valence-electron chi connectivity index (χ4n) is 4.22. The second-order valence-corrected chi connectivity index (χ2v) is 10.2. The minimum Gasteiger partial charge on any atom is -0.459 e. The Kier molecular flexibility index (Phi) is 11.7. The molecule has 0 aliphatic carbocycles. The first-order valence-corrected chi connectivity index (χ1v) is 13.5. The van der Waals surface area contributed by atoms with Crippen LogP contribution in [0.25, 0.3) is 0 Å². The lowest BCUT2D eigenvalue weighted by Gasteiger charge is -2.25. The number of hydrogen-bond donors (Lipinski definition) is 3. The van der Waals surface area contributed by atoms with Crippen LogP contribution in [0, 0.1) is 5.92 Å². The summed E-state index contributed by atoms with van der Waals surface area (Å²) < 4.78 is 5.56. The molecule has 0 aliphatic rings. The van der Waals surface area contributed by atoms with Crippen LogP contribution in [0.3, 0.4) is 0 Å². The maximum absolute atomic E-state index is 13.4. The van der Waals surface area contributed by atoms with Crippen LogP contribution < -0.4 is 16.4 Å². The molecule has 3 aromatic rings. The summed E-state index contributed by atoms with van der Waals surface area (Å²) in [5, 5.41) is 5.66. The molecule has 3 atom stereocenters. The Bertz CT molecular complexity index is 1170. The van der Waals surface area contributed by atoms with Crippen LogP contribution >= 0.6 is 0 Å². The van der Waals surface area contributed by atoms with Gasteiger partial charge in [-0.2, -0.15) is 0 Å². The van der Waals surface area contributed by atoms with Crippen LogP contribution in [0.4, 0.5) is 0 Å². The molecule has 0 spiro atoms. The van der Waals surface area contributed by atoms with Gasteiger partial charge in [-0.1, -0.05) is 105 Å². The van der Waals surface area contributed by atoms with Crippen LogP contribution in [0.2, 0.25) is 0 Å². The van der Waals surface area contributed by atoms with Gasteiger partial charge in [-0.3, -0.25) is 9.59 Å². The molecule has 2 amide bonds. The van der Waals surface area contributed by atoms with Gasteiger partial charge in [0.15, 0.2) is 0 Å². The van der Waals surface area contributed by atoms with Gasteiger partial charge in [0.25, 0.3) is 0 Å². The van der Waals surface area contributed by atoms with Crippen molar-refractivity contribution >= 4 is 17.8 Å². The Morgan fingerprint density at radius 2 is 1.23 bits per heavy atom. The van der Waals surface area contributed by atoms with Crippen LogP contribution in [-0.4, -0.2) is 35.9 Å². The first-order chi connectivity index (χ1) is 18.8. The largest absolute Gasteiger partial charge is 0.459 e. The second-order valence-electron chi connectivity index (χ2n) is 10.2. The van der Waals surface area contributed by atoms with Crippen molar-refractivity contribution in [2.75, 3.05) is 0 Å². The Morgan fingerprint density at radius 1 is 0.718 bits per heavy atom. The van der Waals surface area contributed by atoms with E-state index in [0.29, 0.717) is 19.3 Å². The molecule has 3 rings (SSSR count). The molecule has 0 saturated heterocycles. The van der Waals surface area contributed by atoms with Crippen LogP contribution in [-0.2, 0) is 38.6 Å². The number of carbonyl (C=O) groups is 3. The SMILES string of the molecule is CC(C)C[C@H](NC(=O)[C@H](N)CCc1ccccc1)C(=O)N[C@@H](Cc1ccccc1)C(=O)OCc1ccccc1. The van der Waals surface area contributed by atoms with Crippen molar-refractivity contribution in [3.05, 3.63) is 108 Å². The Balaban J connectivity index is 1.66. The average molecular weight is 530 g/mol. The highest BCUT2D eigenvalue weighted by molar-refractivity contribution is 5.92. The van der Waals surface area contributed by atoms with E-state index in [4.69, 9.17) is 10.5 Å². The summed E-state index contributed by atoms with van der Waals surface area (Å²) in [6.07, 6.45) is 1.77. The van der Waals surface area contributed by atoms with Gasteiger partial charge in [0.1, 0.15) is 18.7 Å². The van der Waals surface area contributed by atoms with Gasteiger partial charge in [0.05, 0.1) is 6.04 Å². The number of carbonyl (C=O) groups excluding carboxylic acids is 3. The first kappa shape index (κ1) is 29.6. The minimum absolute atomic E-state index is 0.100. The Hall–Kier alpha value is -3.97. The molecule has 4 N–H and O–H groups in total. The first-order valence-electron chi connectivity index (χ1n) is 13.5. The van der Waals surface area contributed by atoms with Crippen LogP contribution in [0.1, 0.15) is 43.4 Å². The van der Waals surface area contributed by atoms with Gasteiger partial charge in [0, 0.05) is 6.42 Å². The third-order valence-corrected chi connectivity index (χ3v) is 6.37. The molecule has 0 heterocycles. The van der Waals surface area contributed by atoms with Gasteiger partial charge < -0.3 is 21.1 Å². The average Bonchev–Trinajstić information content (AvgIpc) is 2.95. The number of esters is 1. The summed E-state index contributed by atoms with van der Waals surface area (Å²) in [7, 11) is 0. The lowest BCUT2D eigenvalue weighted by atomic mass is 10.00. The minimum atomic E-state index is -0.915. The van der Waals surface area contributed by atoms with E-state index in [9.17, 15) is 14.4 Å². The standard InChI is InChI=1S/C32H39N3O4/c1-23(2)20-28(34-30(36)27(33)19-18-24-12-6-3-7-13-24)31(37)35-29(21-25-14-8-4-9-15-25)32(38)39-22-26-16-10-5-11-17-26/h3-17,23,27-29H,18-22,33H2,1-2H3,(H,34,36)(H,35,37)/t27-,28+,29+/m1/s1. The normalized spacial score (nSPS) is 13.2. The molecule has 0 aromatic heterocycles. The third-order valence-electron chi connectivity index (χ3n) is 6.37. The van der Waals surface area contributed by atoms with Gasteiger partial charge in [-0.15, -0.1) is 0 Å². The number of nitrogens with two attached hydrogens (primary N) is 1. The quantitative estimate of drug-likeness (QED) is 0.274. The third kappa shape index (κ3) is 10.4. The molecule has 206 valence electrons. The van der Waals surface area contributed by atoms with Crippen LogP contribution in [0.15, 0.2) is 91.0 Å². The smallest absolute Gasteiger partial charge is 0.329 e. The number of benzene rings is 3. The number of nitrogens with one attached hydrogen (secondary N) is 2. The predicted molar refractivity (Wildman–Crippen MR) is 152 cm³/mol. The van der Waals surface area contributed by atoms with Crippen LogP contribution in [0.5, 0.6) is 0 Å². The summed E-state index contributed by atoms with van der Waals surface area (Å²) in [6.45, 7) is 4.04.